The van der Waals surface area contributed by atoms with Crippen molar-refractivity contribution in [3.05, 3.63) is 65.9 Å². The number of anilines is 1. The van der Waals surface area contributed by atoms with E-state index < -0.39 is 0 Å². The molecule has 0 saturated carbocycles. The lowest BCUT2D eigenvalue weighted by Crippen LogP contribution is -2.56. The van der Waals surface area contributed by atoms with E-state index in [4.69, 9.17) is 9.72 Å². The lowest BCUT2D eigenvalue weighted by Gasteiger charge is -2.43. The van der Waals surface area contributed by atoms with Crippen LogP contribution in [0.25, 0.3) is 10.9 Å². The Bertz CT molecular complexity index is 1250. The van der Waals surface area contributed by atoms with Crippen molar-refractivity contribution in [2.45, 2.75) is 25.8 Å². The molecule has 0 radical (unpaired) electrons. The number of methoxy groups -OCH3 is 1. The van der Waals surface area contributed by atoms with Crippen LogP contribution in [-0.4, -0.2) is 67.2 Å². The van der Waals surface area contributed by atoms with Crippen LogP contribution in [0.5, 0.6) is 5.75 Å². The monoisotopic (exact) mass is 455 g/mol. The van der Waals surface area contributed by atoms with Crippen LogP contribution in [0.3, 0.4) is 0 Å². The van der Waals surface area contributed by atoms with E-state index in [1.165, 1.54) is 5.56 Å². The number of aromatic nitrogens is 1. The Morgan fingerprint density at radius 1 is 1.09 bits per heavy atom. The standard InChI is InChI=1S/C27H29N5O2/c1-19-8-9-23-24(10-11-25(34-2)27(23)30-19)31-12-13-32(26(33)15-21-16-28-18-29-21)22(17-31)14-20-6-4-3-5-7-20/h3-11,18,22H,12-17H2,1-2H3/t22-/m0/s1. The number of carbonyl (C=O) groups is 1. The molecule has 7 nitrogen and oxygen atoms in total. The Hall–Kier alpha value is -3.74. The van der Waals surface area contributed by atoms with Crippen molar-refractivity contribution in [2.75, 3.05) is 38.2 Å². The molecule has 2 aromatic carbocycles. The second-order valence-electron chi connectivity index (χ2n) is 8.84. The zero-order valence-corrected chi connectivity index (χ0v) is 19.6. The highest BCUT2D eigenvalue weighted by atomic mass is 16.5. The number of aliphatic imine (C=N–C) groups is 2. The summed E-state index contributed by atoms with van der Waals surface area (Å²) in [6.07, 6.45) is 2.68. The Kier molecular flexibility index (Phi) is 6.25. The van der Waals surface area contributed by atoms with E-state index in [-0.39, 0.29) is 11.9 Å². The van der Waals surface area contributed by atoms with Gasteiger partial charge in [0.05, 0.1) is 31.8 Å². The first-order chi connectivity index (χ1) is 16.6. The van der Waals surface area contributed by atoms with Gasteiger partial charge in [-0.2, -0.15) is 0 Å². The molecule has 0 spiro atoms. The fraction of sp³-hybridized carbons (Fsp3) is 0.333. The molecular weight excluding hydrogens is 426 g/mol. The Balaban J connectivity index is 1.44. The van der Waals surface area contributed by atoms with Crippen molar-refractivity contribution in [3.63, 3.8) is 0 Å². The second-order valence-corrected chi connectivity index (χ2v) is 8.84. The highest BCUT2D eigenvalue weighted by Crippen LogP contribution is 2.34. The molecule has 1 fully saturated rings. The Morgan fingerprint density at radius 2 is 1.94 bits per heavy atom. The first-order valence-corrected chi connectivity index (χ1v) is 11.7. The zero-order valence-electron chi connectivity index (χ0n) is 19.6. The normalized spacial score (nSPS) is 17.8. The fourth-order valence-corrected chi connectivity index (χ4v) is 4.87. The van der Waals surface area contributed by atoms with Crippen molar-refractivity contribution in [2.24, 2.45) is 9.98 Å². The quantitative estimate of drug-likeness (QED) is 0.569. The van der Waals surface area contributed by atoms with Gasteiger partial charge in [0.25, 0.3) is 0 Å². The maximum atomic E-state index is 13.3. The number of pyridine rings is 1. The van der Waals surface area contributed by atoms with Gasteiger partial charge < -0.3 is 14.5 Å². The van der Waals surface area contributed by atoms with E-state index in [9.17, 15) is 4.79 Å². The van der Waals surface area contributed by atoms with Crippen molar-refractivity contribution in [1.29, 1.82) is 0 Å². The third-order valence-corrected chi connectivity index (χ3v) is 6.57. The number of carbonyl (C=O) groups excluding carboxylic acids is 1. The molecule has 34 heavy (non-hydrogen) atoms. The van der Waals surface area contributed by atoms with Gasteiger partial charge in [0, 0.05) is 36.4 Å². The topological polar surface area (TPSA) is 70.4 Å². The van der Waals surface area contributed by atoms with Crippen LogP contribution >= 0.6 is 0 Å². The number of fused-ring (bicyclic) bond motifs is 1. The molecule has 5 rings (SSSR count). The minimum Gasteiger partial charge on any atom is -0.494 e. The van der Waals surface area contributed by atoms with E-state index in [2.05, 4.69) is 51.3 Å². The predicted molar refractivity (Wildman–Crippen MR) is 136 cm³/mol. The van der Waals surface area contributed by atoms with Crippen molar-refractivity contribution in [3.8, 4) is 5.75 Å². The van der Waals surface area contributed by atoms with E-state index in [0.717, 1.165) is 53.3 Å². The molecule has 1 saturated heterocycles. The molecule has 1 atom stereocenters. The summed E-state index contributed by atoms with van der Waals surface area (Å²) in [4.78, 5) is 30.8. The maximum absolute atomic E-state index is 13.3. The number of hydrogen-bond donors (Lipinski definition) is 0. The molecule has 0 unspecified atom stereocenters. The third kappa shape index (κ3) is 4.51. The molecule has 7 heteroatoms. The molecule has 3 aromatic rings. The van der Waals surface area contributed by atoms with Gasteiger partial charge >= 0.3 is 0 Å². The number of ether oxygens (including phenoxy) is 1. The van der Waals surface area contributed by atoms with E-state index in [1.54, 1.807) is 13.4 Å². The first-order valence-electron chi connectivity index (χ1n) is 11.7. The van der Waals surface area contributed by atoms with Gasteiger partial charge in [0.15, 0.2) is 0 Å². The summed E-state index contributed by atoms with van der Waals surface area (Å²) in [5, 5.41) is 1.07. The van der Waals surface area contributed by atoms with Gasteiger partial charge in [-0.05, 0) is 43.2 Å². The summed E-state index contributed by atoms with van der Waals surface area (Å²) < 4.78 is 5.58. The fourth-order valence-electron chi connectivity index (χ4n) is 4.87. The lowest BCUT2D eigenvalue weighted by atomic mass is 10.00. The summed E-state index contributed by atoms with van der Waals surface area (Å²) in [7, 11) is 1.68. The average molecular weight is 456 g/mol. The molecule has 2 aliphatic rings. The van der Waals surface area contributed by atoms with Crippen molar-refractivity contribution < 1.29 is 9.53 Å². The van der Waals surface area contributed by atoms with Crippen molar-refractivity contribution in [1.82, 2.24) is 9.88 Å². The SMILES string of the molecule is COc1ccc(N2CCN(C(=O)CC3=NC=NC3)[C@@H](Cc3ccccc3)C2)c2ccc(C)nc12. The zero-order chi connectivity index (χ0) is 23.5. The minimum atomic E-state index is 0.0575. The highest BCUT2D eigenvalue weighted by molar-refractivity contribution is 6.07. The molecule has 1 aromatic heterocycles. The molecule has 174 valence electrons. The number of hydrogen-bond acceptors (Lipinski definition) is 6. The predicted octanol–water partition coefficient (Wildman–Crippen LogP) is 3.68. The molecule has 3 heterocycles. The third-order valence-electron chi connectivity index (χ3n) is 6.57. The molecular formula is C27H29N5O2. The second kappa shape index (κ2) is 9.63. The van der Waals surface area contributed by atoms with Gasteiger partial charge in [-0.25, -0.2) is 9.98 Å². The number of amides is 1. The number of piperazine rings is 1. The van der Waals surface area contributed by atoms with Gasteiger partial charge in [-0.15, -0.1) is 0 Å². The highest BCUT2D eigenvalue weighted by Gasteiger charge is 2.32. The van der Waals surface area contributed by atoms with Gasteiger partial charge in [-0.3, -0.25) is 9.79 Å². The van der Waals surface area contributed by atoms with Crippen LogP contribution in [0, 0.1) is 6.92 Å². The Morgan fingerprint density at radius 3 is 2.71 bits per heavy atom. The first kappa shape index (κ1) is 22.1. The van der Waals surface area contributed by atoms with E-state index >= 15 is 0 Å². The molecule has 0 bridgehead atoms. The van der Waals surface area contributed by atoms with Crippen LogP contribution < -0.4 is 9.64 Å². The summed E-state index contributed by atoms with van der Waals surface area (Å²) in [5.41, 5.74) is 5.03. The van der Waals surface area contributed by atoms with Gasteiger partial charge in [0.1, 0.15) is 17.6 Å². The minimum absolute atomic E-state index is 0.0575. The van der Waals surface area contributed by atoms with E-state index in [0.29, 0.717) is 19.5 Å². The molecule has 0 aliphatic carbocycles. The maximum Gasteiger partial charge on any atom is 0.228 e. The summed E-state index contributed by atoms with van der Waals surface area (Å²) in [6, 6.07) is 18.7. The number of rotatable bonds is 6. The summed E-state index contributed by atoms with van der Waals surface area (Å²) in [5.74, 6) is 0.901. The molecule has 1 amide bonds. The van der Waals surface area contributed by atoms with Crippen LogP contribution in [0.15, 0.2) is 64.6 Å². The number of nitrogens with zero attached hydrogens (tertiary/aromatic N) is 5. The molecule has 2 aliphatic heterocycles. The van der Waals surface area contributed by atoms with Gasteiger partial charge in [-0.1, -0.05) is 30.3 Å². The van der Waals surface area contributed by atoms with Gasteiger partial charge in [0.2, 0.25) is 5.91 Å². The summed E-state index contributed by atoms with van der Waals surface area (Å²) in [6.45, 7) is 4.69. The number of aryl methyl sites for hydroxylation is 1. The molecule has 0 N–H and O–H groups in total. The smallest absolute Gasteiger partial charge is 0.228 e. The van der Waals surface area contributed by atoms with Crippen LogP contribution in [0.2, 0.25) is 0 Å². The van der Waals surface area contributed by atoms with Crippen LogP contribution in [0.1, 0.15) is 17.7 Å². The average Bonchev–Trinajstić information content (AvgIpc) is 3.37. The summed E-state index contributed by atoms with van der Waals surface area (Å²) >= 11 is 0. The number of benzene rings is 2. The Labute approximate surface area is 199 Å². The van der Waals surface area contributed by atoms with E-state index in [1.807, 2.05) is 30.0 Å². The van der Waals surface area contributed by atoms with Crippen molar-refractivity contribution >= 4 is 34.5 Å². The largest absolute Gasteiger partial charge is 0.494 e. The van der Waals surface area contributed by atoms with Crippen LogP contribution in [0.4, 0.5) is 5.69 Å². The lowest BCUT2D eigenvalue weighted by molar-refractivity contribution is -0.132. The van der Waals surface area contributed by atoms with Crippen LogP contribution in [-0.2, 0) is 11.2 Å².